The average molecular weight is 419 g/mol. The molecule has 0 amide bonds. The van der Waals surface area contributed by atoms with Gasteiger partial charge in [0.1, 0.15) is 5.60 Å². The van der Waals surface area contributed by atoms with Crippen molar-refractivity contribution in [2.75, 3.05) is 6.61 Å². The van der Waals surface area contributed by atoms with Gasteiger partial charge in [0.15, 0.2) is 17.3 Å². The number of H-pyrrole nitrogens is 1. The molecule has 27 heavy (non-hydrogen) atoms. The first-order valence-corrected chi connectivity index (χ1v) is 9.39. The minimum atomic E-state index is -5.02. The topological polar surface area (TPSA) is 93.6 Å². The maximum atomic E-state index is 13.3. The molecule has 0 saturated carbocycles. The summed E-state index contributed by atoms with van der Waals surface area (Å²) in [5.41, 5.74) is -3.32. The number of aromatic amines is 1. The van der Waals surface area contributed by atoms with Crippen molar-refractivity contribution < 1.29 is 39.9 Å². The van der Waals surface area contributed by atoms with Crippen LogP contribution in [0.25, 0.3) is 0 Å². The molecule has 1 unspecified atom stereocenters. The summed E-state index contributed by atoms with van der Waals surface area (Å²) in [4.78, 5) is 4.99. The number of aromatic nitrogens is 2. The van der Waals surface area contributed by atoms with Crippen molar-refractivity contribution in [3.05, 3.63) is 11.3 Å². The van der Waals surface area contributed by atoms with E-state index in [1.165, 1.54) is 6.92 Å². The third kappa shape index (κ3) is 4.50. The largest absolute Gasteiger partial charge is 0.472 e. The second-order valence-corrected chi connectivity index (χ2v) is 8.60. The van der Waals surface area contributed by atoms with Crippen LogP contribution in [-0.2, 0) is 20.9 Å². The second kappa shape index (κ2) is 7.24. The van der Waals surface area contributed by atoms with E-state index in [9.17, 15) is 30.4 Å². The van der Waals surface area contributed by atoms with Crippen LogP contribution in [0.3, 0.4) is 0 Å². The Morgan fingerprint density at radius 1 is 1.33 bits per heavy atom. The summed E-state index contributed by atoms with van der Waals surface area (Å²) >= 11 is 0. The fourth-order valence-corrected chi connectivity index (χ4v) is 4.59. The maximum absolute atomic E-state index is 13.3. The molecule has 1 aromatic heterocycles. The Hall–Kier alpha value is -1.92. The molecular formula is C14H18F5N3O4S. The van der Waals surface area contributed by atoms with Gasteiger partial charge in [0.25, 0.3) is 6.43 Å². The van der Waals surface area contributed by atoms with Crippen LogP contribution in [-0.4, -0.2) is 42.3 Å². The molecule has 0 radical (unpaired) electrons. The average Bonchev–Trinajstić information content (AvgIpc) is 3.09. The highest BCUT2D eigenvalue weighted by molar-refractivity contribution is 8.06. The SMILES string of the molecule is CCC(c1c(C(F)(F)F)n[nH]c1OCC(F)F)S(=O)(=O)C1=NOC(C)(C)C1. The summed E-state index contributed by atoms with van der Waals surface area (Å²) in [7, 11) is -4.39. The van der Waals surface area contributed by atoms with Crippen LogP contribution in [0.5, 0.6) is 5.88 Å². The first-order chi connectivity index (χ1) is 12.3. The Balaban J connectivity index is 2.53. The lowest BCUT2D eigenvalue weighted by molar-refractivity contribution is -0.141. The summed E-state index contributed by atoms with van der Waals surface area (Å²) in [5, 5.41) is 6.23. The van der Waals surface area contributed by atoms with E-state index in [2.05, 4.69) is 15.0 Å². The second-order valence-electron chi connectivity index (χ2n) is 6.47. The Kier molecular flexibility index (Phi) is 5.74. The number of hydrogen-bond acceptors (Lipinski definition) is 6. The van der Waals surface area contributed by atoms with Gasteiger partial charge in [-0.05, 0) is 20.3 Å². The van der Waals surface area contributed by atoms with Crippen LogP contribution in [0.1, 0.15) is 50.1 Å². The van der Waals surface area contributed by atoms with Crippen molar-refractivity contribution in [2.45, 2.75) is 57.1 Å². The molecule has 0 bridgehead atoms. The number of rotatable bonds is 6. The minimum Gasteiger partial charge on any atom is -0.472 e. The molecule has 0 fully saturated rings. The summed E-state index contributed by atoms with van der Waals surface area (Å²) in [6.07, 6.45) is -8.43. The number of oxime groups is 1. The molecule has 1 aliphatic rings. The van der Waals surface area contributed by atoms with Crippen molar-refractivity contribution in [1.82, 2.24) is 10.2 Å². The van der Waals surface area contributed by atoms with Crippen LogP contribution in [0.2, 0.25) is 0 Å². The molecule has 1 N–H and O–H groups in total. The van der Waals surface area contributed by atoms with Gasteiger partial charge in [-0.15, -0.1) is 0 Å². The standard InChI is InChI=1S/C14H18F5N3O4S/c1-4-7(27(23,24)9-5-13(2,3)26-22-9)10-11(14(17,18)19)20-21-12(10)25-6-8(15)16/h7-8H,4-6H2,1-3H3,(H,20,21). The van der Waals surface area contributed by atoms with E-state index in [-0.39, 0.29) is 12.8 Å². The van der Waals surface area contributed by atoms with Crippen molar-refractivity contribution in [3.8, 4) is 5.88 Å². The molecule has 0 saturated heterocycles. The van der Waals surface area contributed by atoms with Crippen LogP contribution < -0.4 is 4.74 Å². The van der Waals surface area contributed by atoms with E-state index in [1.54, 1.807) is 13.8 Å². The molecule has 154 valence electrons. The molecule has 0 aliphatic carbocycles. The van der Waals surface area contributed by atoms with E-state index >= 15 is 0 Å². The molecule has 0 aromatic carbocycles. The highest BCUT2D eigenvalue weighted by atomic mass is 32.2. The lowest BCUT2D eigenvalue weighted by Gasteiger charge is -2.19. The summed E-state index contributed by atoms with van der Waals surface area (Å²) in [6, 6.07) is 0. The number of hydrogen-bond donors (Lipinski definition) is 1. The number of nitrogens with one attached hydrogen (secondary N) is 1. The maximum Gasteiger partial charge on any atom is 0.435 e. The molecule has 7 nitrogen and oxygen atoms in total. The van der Waals surface area contributed by atoms with Gasteiger partial charge in [0.05, 0.1) is 10.8 Å². The van der Waals surface area contributed by atoms with Gasteiger partial charge in [-0.3, -0.25) is 0 Å². The van der Waals surface area contributed by atoms with E-state index in [0.717, 1.165) is 0 Å². The Morgan fingerprint density at radius 2 is 1.96 bits per heavy atom. The molecule has 13 heteroatoms. The molecule has 2 rings (SSSR count). The highest BCUT2D eigenvalue weighted by Gasteiger charge is 2.47. The Bertz CT molecular complexity index is 817. The first kappa shape index (κ1) is 21.4. The van der Waals surface area contributed by atoms with E-state index in [0.29, 0.717) is 0 Å². The number of alkyl halides is 5. The van der Waals surface area contributed by atoms with Gasteiger partial charge in [-0.1, -0.05) is 12.1 Å². The molecule has 1 atom stereocenters. The van der Waals surface area contributed by atoms with Crippen molar-refractivity contribution in [1.29, 1.82) is 0 Å². The normalized spacial score (nSPS) is 18.3. The fraction of sp³-hybridized carbons (Fsp3) is 0.714. The third-order valence-electron chi connectivity index (χ3n) is 3.76. The number of ether oxygens (including phenoxy) is 1. The van der Waals surface area contributed by atoms with E-state index in [1.807, 2.05) is 5.10 Å². The summed E-state index contributed by atoms with van der Waals surface area (Å²) in [6.45, 7) is 3.25. The van der Waals surface area contributed by atoms with Gasteiger partial charge in [-0.2, -0.15) is 18.3 Å². The molecule has 1 aromatic rings. The van der Waals surface area contributed by atoms with Crippen LogP contribution >= 0.6 is 0 Å². The highest BCUT2D eigenvalue weighted by Crippen LogP contribution is 2.43. The van der Waals surface area contributed by atoms with E-state index < -0.39 is 62.1 Å². The summed E-state index contributed by atoms with van der Waals surface area (Å²) < 4.78 is 95.2. The molecule has 0 spiro atoms. The number of halogens is 5. The third-order valence-corrected chi connectivity index (χ3v) is 5.95. The van der Waals surface area contributed by atoms with Gasteiger partial charge < -0.3 is 9.57 Å². The van der Waals surface area contributed by atoms with Gasteiger partial charge in [0, 0.05) is 6.42 Å². The van der Waals surface area contributed by atoms with Crippen molar-refractivity contribution in [3.63, 3.8) is 0 Å². The zero-order chi connectivity index (χ0) is 20.6. The summed E-state index contributed by atoms with van der Waals surface area (Å²) in [5.74, 6) is -0.767. The Labute approximate surface area is 151 Å². The Morgan fingerprint density at radius 3 is 2.41 bits per heavy atom. The number of sulfone groups is 1. The molecule has 2 heterocycles. The monoisotopic (exact) mass is 419 g/mol. The van der Waals surface area contributed by atoms with Gasteiger partial charge >= 0.3 is 6.18 Å². The predicted octanol–water partition coefficient (Wildman–Crippen LogP) is 3.45. The number of nitrogens with zero attached hydrogens (tertiary/aromatic N) is 2. The fourth-order valence-electron chi connectivity index (χ4n) is 2.60. The van der Waals surface area contributed by atoms with Crippen molar-refractivity contribution in [2.24, 2.45) is 5.16 Å². The first-order valence-electron chi connectivity index (χ1n) is 7.85. The van der Waals surface area contributed by atoms with Crippen LogP contribution in [0, 0.1) is 0 Å². The van der Waals surface area contributed by atoms with Gasteiger partial charge in [0.2, 0.25) is 15.7 Å². The quantitative estimate of drug-likeness (QED) is 0.713. The van der Waals surface area contributed by atoms with Gasteiger partial charge in [-0.25, -0.2) is 22.3 Å². The zero-order valence-electron chi connectivity index (χ0n) is 14.6. The van der Waals surface area contributed by atoms with Crippen LogP contribution in [0.4, 0.5) is 22.0 Å². The zero-order valence-corrected chi connectivity index (χ0v) is 15.4. The molecular weight excluding hydrogens is 401 g/mol. The van der Waals surface area contributed by atoms with E-state index in [4.69, 9.17) is 4.84 Å². The lowest BCUT2D eigenvalue weighted by Crippen LogP contribution is -2.27. The van der Waals surface area contributed by atoms with Crippen molar-refractivity contribution >= 4 is 14.9 Å². The lowest BCUT2D eigenvalue weighted by atomic mass is 10.1. The molecule has 1 aliphatic heterocycles. The smallest absolute Gasteiger partial charge is 0.435 e. The van der Waals surface area contributed by atoms with Crippen LogP contribution in [0.15, 0.2) is 5.16 Å². The predicted molar refractivity (Wildman–Crippen MR) is 84.3 cm³/mol. The minimum absolute atomic E-state index is 0.141.